The van der Waals surface area contributed by atoms with Crippen molar-refractivity contribution in [3.05, 3.63) is 59.9 Å². The fourth-order valence-electron chi connectivity index (χ4n) is 1.21. The summed E-state index contributed by atoms with van der Waals surface area (Å²) < 4.78 is 13.2. The van der Waals surface area contributed by atoms with Gasteiger partial charge in [-0.05, 0) is 24.3 Å². The van der Waals surface area contributed by atoms with Gasteiger partial charge in [-0.15, -0.1) is 0 Å². The van der Waals surface area contributed by atoms with Gasteiger partial charge in [-0.25, -0.2) is 9.82 Å². The highest BCUT2D eigenvalue weighted by Gasteiger charge is 2.03. The monoisotopic (exact) mass is 280 g/mol. The molecule has 0 saturated carbocycles. The van der Waals surface area contributed by atoms with Gasteiger partial charge in [0.1, 0.15) is 5.69 Å². The van der Waals surface area contributed by atoms with Gasteiger partial charge in [-0.3, -0.25) is 14.8 Å². The fraction of sp³-hybridized carbons (Fsp3) is 0. The molecule has 0 aliphatic rings. The predicted molar refractivity (Wildman–Crippen MR) is 70.7 cm³/mol. The molecule has 2 heterocycles. The van der Waals surface area contributed by atoms with Gasteiger partial charge in [0, 0.05) is 18.6 Å². The van der Waals surface area contributed by atoms with E-state index in [0.717, 1.165) is 6.21 Å². The average molecular weight is 280 g/mol. The molecule has 2 aromatic rings. The van der Waals surface area contributed by atoms with E-state index in [1.165, 1.54) is 24.5 Å². The summed E-state index contributed by atoms with van der Waals surface area (Å²) >= 11 is 0. The number of hydrogen-bond donors (Lipinski definition) is 1. The number of carbonyl (C=O) groups excluding carboxylic acids is 1. The molecular formula is C12H13FN4O3. The van der Waals surface area contributed by atoms with Crippen LogP contribution in [0.15, 0.2) is 48.0 Å². The fourth-order valence-corrected chi connectivity index (χ4v) is 1.21. The molecule has 106 valence electrons. The molecule has 0 fully saturated rings. The second kappa shape index (κ2) is 8.40. The number of aromatic nitrogens is 2. The molecule has 5 N–H and O–H groups in total. The molecule has 0 saturated heterocycles. The van der Waals surface area contributed by atoms with Gasteiger partial charge >= 0.3 is 0 Å². The largest absolute Gasteiger partial charge is 0.412 e. The zero-order valence-corrected chi connectivity index (χ0v) is 10.2. The molecule has 0 aromatic carbocycles. The Hall–Kier alpha value is -2.71. The quantitative estimate of drug-likeness (QED) is 0.613. The Morgan fingerprint density at radius 3 is 2.65 bits per heavy atom. The molecule has 20 heavy (non-hydrogen) atoms. The number of nitrogens with one attached hydrogen (secondary N) is 1. The summed E-state index contributed by atoms with van der Waals surface area (Å²) in [6.07, 6.45) is 5.55. The van der Waals surface area contributed by atoms with Crippen LogP contribution >= 0.6 is 0 Å². The highest BCUT2D eigenvalue weighted by atomic mass is 19.1. The van der Waals surface area contributed by atoms with Gasteiger partial charge in [0.05, 0.1) is 11.8 Å². The standard InChI is InChI=1S/C12H9FN4O.2H2O/c13-10-4-2-6-15-11(10)8-16-17-12(18)9-3-1-5-14-7-9;;/h1-8H,(H,17,18);2*1H2/b16-8+;;. The highest BCUT2D eigenvalue weighted by Crippen LogP contribution is 1.99. The van der Waals surface area contributed by atoms with Gasteiger partial charge in [0.25, 0.3) is 5.91 Å². The maximum Gasteiger partial charge on any atom is 0.272 e. The molecule has 7 nitrogen and oxygen atoms in total. The van der Waals surface area contributed by atoms with Crippen molar-refractivity contribution in [2.24, 2.45) is 5.10 Å². The van der Waals surface area contributed by atoms with E-state index in [1.807, 2.05) is 0 Å². The van der Waals surface area contributed by atoms with Crippen molar-refractivity contribution in [2.45, 2.75) is 0 Å². The maximum atomic E-state index is 13.2. The van der Waals surface area contributed by atoms with Crippen molar-refractivity contribution in [3.63, 3.8) is 0 Å². The van der Waals surface area contributed by atoms with Crippen LogP contribution in [-0.4, -0.2) is 33.0 Å². The summed E-state index contributed by atoms with van der Waals surface area (Å²) in [5.74, 6) is -0.924. The first-order valence-electron chi connectivity index (χ1n) is 5.11. The number of nitrogens with zero attached hydrogens (tertiary/aromatic N) is 3. The second-order valence-electron chi connectivity index (χ2n) is 3.31. The minimum atomic E-state index is -0.503. The summed E-state index contributed by atoms with van der Waals surface area (Å²) in [5.41, 5.74) is 2.69. The Morgan fingerprint density at radius 2 is 2.00 bits per heavy atom. The Balaban J connectivity index is 0.00000180. The number of hydrazone groups is 1. The van der Waals surface area contributed by atoms with Crippen molar-refractivity contribution in [3.8, 4) is 0 Å². The Kier molecular flexibility index (Phi) is 7.26. The molecule has 2 rings (SSSR count). The number of pyridine rings is 2. The molecule has 0 radical (unpaired) electrons. The number of carbonyl (C=O) groups is 1. The number of amides is 1. The summed E-state index contributed by atoms with van der Waals surface area (Å²) in [7, 11) is 0. The zero-order chi connectivity index (χ0) is 12.8. The van der Waals surface area contributed by atoms with Crippen LogP contribution in [0.4, 0.5) is 4.39 Å². The Morgan fingerprint density at radius 1 is 1.25 bits per heavy atom. The van der Waals surface area contributed by atoms with Crippen molar-refractivity contribution in [1.29, 1.82) is 0 Å². The lowest BCUT2D eigenvalue weighted by Gasteiger charge is -1.98. The van der Waals surface area contributed by atoms with Crippen molar-refractivity contribution in [2.75, 3.05) is 0 Å². The summed E-state index contributed by atoms with van der Waals surface area (Å²) in [6, 6.07) is 5.97. The molecule has 0 bridgehead atoms. The van der Waals surface area contributed by atoms with Crippen LogP contribution < -0.4 is 5.43 Å². The number of rotatable bonds is 3. The van der Waals surface area contributed by atoms with E-state index < -0.39 is 11.7 Å². The lowest BCUT2D eigenvalue weighted by molar-refractivity contribution is 0.0954. The van der Waals surface area contributed by atoms with Crippen LogP contribution in [0, 0.1) is 5.82 Å². The molecule has 0 spiro atoms. The first kappa shape index (κ1) is 17.3. The normalized spacial score (nSPS) is 9.45. The molecular weight excluding hydrogens is 267 g/mol. The molecule has 0 aliphatic carbocycles. The molecule has 0 aliphatic heterocycles. The van der Waals surface area contributed by atoms with Crippen LogP contribution in [0.5, 0.6) is 0 Å². The van der Waals surface area contributed by atoms with Crippen molar-refractivity contribution in [1.82, 2.24) is 15.4 Å². The zero-order valence-electron chi connectivity index (χ0n) is 10.2. The second-order valence-corrected chi connectivity index (χ2v) is 3.31. The van der Waals surface area contributed by atoms with Gasteiger partial charge in [0.2, 0.25) is 0 Å². The number of halogens is 1. The van der Waals surface area contributed by atoms with E-state index in [0.29, 0.717) is 5.56 Å². The van der Waals surface area contributed by atoms with E-state index in [2.05, 4.69) is 20.5 Å². The highest BCUT2D eigenvalue weighted by molar-refractivity contribution is 5.94. The molecule has 0 unspecified atom stereocenters. The number of hydrogen-bond acceptors (Lipinski definition) is 4. The molecule has 8 heteroatoms. The first-order chi connectivity index (χ1) is 8.77. The SMILES string of the molecule is O.O.O=C(N/N=C/c1ncccc1F)c1cccnc1. The Labute approximate surface area is 113 Å². The minimum Gasteiger partial charge on any atom is -0.412 e. The van der Waals surface area contributed by atoms with E-state index in [1.54, 1.807) is 18.3 Å². The topological polar surface area (TPSA) is 130 Å². The maximum absolute atomic E-state index is 13.2. The smallest absolute Gasteiger partial charge is 0.272 e. The van der Waals surface area contributed by atoms with Crippen molar-refractivity contribution < 1.29 is 20.1 Å². The Bertz CT molecular complexity index is 578. The minimum absolute atomic E-state index is 0. The predicted octanol–water partition coefficient (Wildman–Crippen LogP) is -0.270. The first-order valence-corrected chi connectivity index (χ1v) is 5.11. The van der Waals surface area contributed by atoms with Crippen LogP contribution in [0.25, 0.3) is 0 Å². The summed E-state index contributed by atoms with van der Waals surface area (Å²) in [5, 5.41) is 3.62. The van der Waals surface area contributed by atoms with Crippen molar-refractivity contribution >= 4 is 12.1 Å². The summed E-state index contributed by atoms with van der Waals surface area (Å²) in [6.45, 7) is 0. The van der Waals surface area contributed by atoms with Gasteiger partial charge in [0.15, 0.2) is 5.82 Å². The third-order valence-electron chi connectivity index (χ3n) is 2.06. The van der Waals surface area contributed by atoms with E-state index in [-0.39, 0.29) is 16.6 Å². The molecule has 0 atom stereocenters. The van der Waals surface area contributed by atoms with E-state index >= 15 is 0 Å². The van der Waals surface area contributed by atoms with Gasteiger partial charge < -0.3 is 11.0 Å². The third-order valence-corrected chi connectivity index (χ3v) is 2.06. The summed E-state index contributed by atoms with van der Waals surface area (Å²) in [4.78, 5) is 19.1. The molecule has 1 amide bonds. The van der Waals surface area contributed by atoms with Crippen LogP contribution in [0.1, 0.15) is 16.1 Å². The van der Waals surface area contributed by atoms with Crippen LogP contribution in [0.2, 0.25) is 0 Å². The van der Waals surface area contributed by atoms with E-state index in [4.69, 9.17) is 0 Å². The average Bonchev–Trinajstić information content (AvgIpc) is 2.42. The lowest BCUT2D eigenvalue weighted by atomic mass is 10.3. The lowest BCUT2D eigenvalue weighted by Crippen LogP contribution is -2.17. The third kappa shape index (κ3) is 4.52. The van der Waals surface area contributed by atoms with Crippen LogP contribution in [-0.2, 0) is 0 Å². The van der Waals surface area contributed by atoms with Crippen LogP contribution in [0.3, 0.4) is 0 Å². The van der Waals surface area contributed by atoms with E-state index in [9.17, 15) is 9.18 Å². The molecule has 2 aromatic heterocycles. The van der Waals surface area contributed by atoms with Gasteiger partial charge in [-0.2, -0.15) is 5.10 Å². The van der Waals surface area contributed by atoms with Gasteiger partial charge in [-0.1, -0.05) is 0 Å².